The van der Waals surface area contributed by atoms with Crippen LogP contribution in [0.25, 0.3) is 22.4 Å². The molecule has 1 unspecified atom stereocenters. The highest BCUT2D eigenvalue weighted by Gasteiger charge is 2.34. The van der Waals surface area contributed by atoms with Gasteiger partial charge in [0.05, 0.1) is 12.6 Å². The first-order chi connectivity index (χ1) is 15.2. The van der Waals surface area contributed by atoms with Gasteiger partial charge in [0.25, 0.3) is 5.82 Å². The summed E-state index contributed by atoms with van der Waals surface area (Å²) in [5.41, 5.74) is 2.86. The minimum atomic E-state index is -0.203. The summed E-state index contributed by atoms with van der Waals surface area (Å²) in [6.07, 6.45) is 3.23. The molecule has 0 bridgehead atoms. The largest absolute Gasteiger partial charge is 0.459 e. The fourth-order valence-corrected chi connectivity index (χ4v) is 5.69. The number of carbonyl (C=O) groups is 1. The molecule has 0 aliphatic heterocycles. The van der Waals surface area contributed by atoms with Crippen molar-refractivity contribution < 1.29 is 14.1 Å². The van der Waals surface area contributed by atoms with Gasteiger partial charge in [-0.1, -0.05) is 62.5 Å². The maximum Gasteiger partial charge on any atom is 0.348 e. The minimum absolute atomic E-state index is 0.0223. The maximum atomic E-state index is 13.2. The molecule has 0 radical (unpaired) electrons. The number of benzene rings is 2. The van der Waals surface area contributed by atoms with Gasteiger partial charge in [-0.3, -0.25) is 0 Å². The molecule has 4 rings (SSSR count). The van der Waals surface area contributed by atoms with Crippen molar-refractivity contribution in [1.29, 1.82) is 0 Å². The lowest BCUT2D eigenvalue weighted by atomic mass is 9.75. The van der Waals surface area contributed by atoms with Crippen LogP contribution in [0.1, 0.15) is 40.0 Å². The molecule has 0 N–H and O–H groups in total. The summed E-state index contributed by atoms with van der Waals surface area (Å²) in [5, 5.41) is 1.12. The van der Waals surface area contributed by atoms with Crippen LogP contribution in [0, 0.1) is 17.8 Å². The molecule has 6 heteroatoms. The third-order valence-electron chi connectivity index (χ3n) is 6.76. The van der Waals surface area contributed by atoms with Gasteiger partial charge in [-0.05, 0) is 60.9 Å². The first-order valence-corrected chi connectivity index (χ1v) is 12.1. The van der Waals surface area contributed by atoms with Gasteiger partial charge in [-0.15, -0.1) is 0 Å². The summed E-state index contributed by atoms with van der Waals surface area (Å²) >= 11 is 12.6. The summed E-state index contributed by atoms with van der Waals surface area (Å²) in [4.78, 5) is 13.2. The quantitative estimate of drug-likeness (QED) is 0.315. The van der Waals surface area contributed by atoms with Crippen molar-refractivity contribution in [2.75, 3.05) is 0 Å². The van der Waals surface area contributed by atoms with Gasteiger partial charge in [0, 0.05) is 10.0 Å². The molecule has 1 saturated carbocycles. The monoisotopic (exact) mass is 473 g/mol. The fraction of sp³-hybridized carbons (Fsp3) is 0.462. The number of carbonyl (C=O) groups excluding carboxylic acids is 1. The highest BCUT2D eigenvalue weighted by molar-refractivity contribution is 6.35. The van der Waals surface area contributed by atoms with Gasteiger partial charge in [0.1, 0.15) is 6.10 Å². The Bertz CT molecular complexity index is 1120. The first-order valence-electron chi connectivity index (χ1n) is 11.4. The lowest BCUT2D eigenvalue weighted by Crippen LogP contribution is -2.37. The Hall–Kier alpha value is -2.04. The van der Waals surface area contributed by atoms with E-state index < -0.39 is 0 Å². The van der Waals surface area contributed by atoms with Crippen LogP contribution in [0.4, 0.5) is 0 Å². The molecule has 0 amide bonds. The lowest BCUT2D eigenvalue weighted by molar-refractivity contribution is -0.634. The van der Waals surface area contributed by atoms with E-state index in [9.17, 15) is 4.79 Å². The summed E-state index contributed by atoms with van der Waals surface area (Å²) < 4.78 is 10.2. The van der Waals surface area contributed by atoms with E-state index in [-0.39, 0.29) is 18.6 Å². The van der Waals surface area contributed by atoms with Gasteiger partial charge >= 0.3 is 5.97 Å². The van der Waals surface area contributed by atoms with Crippen molar-refractivity contribution in [1.82, 2.24) is 4.57 Å². The molecule has 3 aromatic rings. The van der Waals surface area contributed by atoms with Gasteiger partial charge in [0.2, 0.25) is 0 Å². The van der Waals surface area contributed by atoms with Crippen LogP contribution in [0.5, 0.6) is 0 Å². The molecule has 1 aromatic heterocycles. The molecule has 0 spiro atoms. The summed E-state index contributed by atoms with van der Waals surface area (Å²) in [6.45, 7) is 6.83. The van der Waals surface area contributed by atoms with E-state index in [1.54, 1.807) is 6.07 Å². The Morgan fingerprint density at radius 2 is 1.84 bits per heavy atom. The number of para-hydroxylation sites is 2. The molecule has 1 fully saturated rings. The van der Waals surface area contributed by atoms with E-state index in [1.165, 1.54) is 6.42 Å². The summed E-state index contributed by atoms with van der Waals surface area (Å²) in [5.74, 6) is 2.15. The van der Waals surface area contributed by atoms with E-state index in [0.717, 1.165) is 35.3 Å². The lowest BCUT2D eigenvalue weighted by Gasteiger charge is -2.36. The van der Waals surface area contributed by atoms with Gasteiger partial charge < -0.3 is 4.74 Å². The third-order valence-corrected chi connectivity index (χ3v) is 7.20. The molecule has 3 atom stereocenters. The standard InChI is InChI=1S/C26H31Cl2N2O2/c1-16(2)21-10-9-17(3)11-24(21)32-25(31)15-30-23-8-6-5-7-22(23)29(4)26(30)18-12-19(27)14-20(28)13-18/h5-8,12-14,16-17,21,24H,9-11,15H2,1-4H3/q+1/t17-,21+,24?/m1/s1. The number of fused-ring (bicyclic) bond motifs is 1. The number of hydrogen-bond donors (Lipinski definition) is 0. The third kappa shape index (κ3) is 4.67. The molecular formula is C26H31Cl2N2O2+. The number of aryl methyl sites for hydroxylation is 1. The number of nitrogens with zero attached hydrogens (tertiary/aromatic N) is 2. The molecule has 2 aromatic carbocycles. The minimum Gasteiger partial charge on any atom is -0.459 e. The van der Waals surface area contributed by atoms with E-state index in [0.29, 0.717) is 27.8 Å². The Balaban J connectivity index is 1.70. The molecule has 4 nitrogen and oxygen atoms in total. The van der Waals surface area contributed by atoms with Crippen molar-refractivity contribution in [3.05, 3.63) is 52.5 Å². The van der Waals surface area contributed by atoms with Crippen LogP contribution < -0.4 is 4.57 Å². The maximum absolute atomic E-state index is 13.2. The fourth-order valence-electron chi connectivity index (χ4n) is 5.16. The average Bonchev–Trinajstić information content (AvgIpc) is 2.99. The van der Waals surface area contributed by atoms with Crippen LogP contribution in [-0.2, 0) is 23.1 Å². The highest BCUT2D eigenvalue weighted by Crippen LogP contribution is 2.36. The molecule has 0 saturated heterocycles. The van der Waals surface area contributed by atoms with Crippen molar-refractivity contribution in [3.8, 4) is 11.4 Å². The van der Waals surface area contributed by atoms with E-state index in [2.05, 4.69) is 25.3 Å². The predicted octanol–water partition coefficient (Wildman–Crippen LogP) is 6.44. The van der Waals surface area contributed by atoms with E-state index in [1.807, 2.05) is 48.0 Å². The number of hydrogen-bond acceptors (Lipinski definition) is 2. The topological polar surface area (TPSA) is 35.1 Å². The van der Waals surface area contributed by atoms with Gasteiger partial charge in [-0.2, -0.15) is 0 Å². The zero-order valence-corrected chi connectivity index (χ0v) is 20.7. The first kappa shape index (κ1) is 23.1. The smallest absolute Gasteiger partial charge is 0.348 e. The van der Waals surface area contributed by atoms with Crippen molar-refractivity contribution in [3.63, 3.8) is 0 Å². The Morgan fingerprint density at radius 1 is 1.16 bits per heavy atom. The Labute approximate surface area is 200 Å². The number of aromatic nitrogens is 2. The Kier molecular flexibility index (Phi) is 6.83. The summed E-state index contributed by atoms with van der Waals surface area (Å²) in [6, 6.07) is 13.5. The number of rotatable bonds is 5. The van der Waals surface area contributed by atoms with Crippen LogP contribution in [0.3, 0.4) is 0 Å². The van der Waals surface area contributed by atoms with E-state index >= 15 is 0 Å². The van der Waals surface area contributed by atoms with Gasteiger partial charge in [0.15, 0.2) is 17.6 Å². The number of imidazole rings is 1. The average molecular weight is 474 g/mol. The molecule has 170 valence electrons. The van der Waals surface area contributed by atoms with E-state index in [4.69, 9.17) is 27.9 Å². The van der Waals surface area contributed by atoms with Crippen LogP contribution in [0.2, 0.25) is 10.0 Å². The molecule has 1 aliphatic rings. The number of halogens is 2. The molecule has 1 aliphatic carbocycles. The second-order valence-corrected chi connectivity index (χ2v) is 10.3. The zero-order chi connectivity index (χ0) is 23.0. The molecule has 32 heavy (non-hydrogen) atoms. The zero-order valence-electron chi connectivity index (χ0n) is 19.1. The summed E-state index contributed by atoms with van der Waals surface area (Å²) in [7, 11) is 1.99. The number of esters is 1. The van der Waals surface area contributed by atoms with Crippen LogP contribution >= 0.6 is 23.2 Å². The van der Waals surface area contributed by atoms with Crippen LogP contribution in [-0.4, -0.2) is 16.6 Å². The van der Waals surface area contributed by atoms with Crippen molar-refractivity contribution >= 4 is 40.2 Å². The second kappa shape index (κ2) is 9.44. The molecule has 1 heterocycles. The SMILES string of the molecule is CC(C)[C@@H]1CC[C@@H](C)CC1OC(=O)Cn1c(-c2cc(Cl)cc(Cl)c2)[n+](C)c2ccccc21. The normalized spacial score (nSPS) is 21.3. The van der Waals surface area contributed by atoms with Crippen molar-refractivity contribution in [2.45, 2.75) is 52.7 Å². The second-order valence-electron chi connectivity index (χ2n) is 9.47. The Morgan fingerprint density at radius 3 is 2.53 bits per heavy atom. The molecular weight excluding hydrogens is 443 g/mol. The highest BCUT2D eigenvalue weighted by atomic mass is 35.5. The number of ether oxygens (including phenoxy) is 1. The van der Waals surface area contributed by atoms with Crippen molar-refractivity contribution in [2.24, 2.45) is 24.8 Å². The van der Waals surface area contributed by atoms with Crippen LogP contribution in [0.15, 0.2) is 42.5 Å². The van der Waals surface area contributed by atoms with Gasteiger partial charge in [-0.25, -0.2) is 13.9 Å². The predicted molar refractivity (Wildman–Crippen MR) is 130 cm³/mol.